The predicted octanol–water partition coefficient (Wildman–Crippen LogP) is 4.16. The Kier molecular flexibility index (Phi) is 2.32. The van der Waals surface area contributed by atoms with Crippen LogP contribution in [0, 0.1) is 9.39 Å². The van der Waals surface area contributed by atoms with Crippen LogP contribution >= 0.6 is 38.5 Å². The molecule has 1 N–H and O–H groups in total. The first-order chi connectivity index (χ1) is 7.18. The summed E-state index contributed by atoms with van der Waals surface area (Å²) in [4.78, 5) is 3.41. The quantitative estimate of drug-likeness (QED) is 0.522. The van der Waals surface area contributed by atoms with Gasteiger partial charge in [-0.15, -0.1) is 0 Å². The number of hydrogen-bond acceptors (Lipinski definition) is 0. The van der Waals surface area contributed by atoms with E-state index in [4.69, 9.17) is 0 Å². The lowest BCUT2D eigenvalue weighted by Crippen LogP contribution is -1.86. The minimum absolute atomic E-state index is 0.166. The van der Waals surface area contributed by atoms with Crippen LogP contribution in [-0.2, 0) is 12.8 Å². The Balaban J connectivity index is 2.49. The van der Waals surface area contributed by atoms with Gasteiger partial charge in [-0.25, -0.2) is 4.39 Å². The number of hydrogen-bond donors (Lipinski definition) is 1. The topological polar surface area (TPSA) is 15.8 Å². The molecule has 1 aliphatic carbocycles. The van der Waals surface area contributed by atoms with Crippen molar-refractivity contribution in [3.63, 3.8) is 0 Å². The summed E-state index contributed by atoms with van der Waals surface area (Å²) in [6.45, 7) is 0. The number of aryl methyl sites for hydroxylation is 2. The van der Waals surface area contributed by atoms with Gasteiger partial charge in [0.15, 0.2) is 0 Å². The van der Waals surface area contributed by atoms with Crippen molar-refractivity contribution in [3.05, 3.63) is 31.2 Å². The third-order valence-electron chi connectivity index (χ3n) is 2.97. The SMILES string of the molecule is Fc1cc(I)c2[nH]c3c(c2c1Br)CCC3. The normalized spacial score (nSPS) is 14.9. The molecule has 0 saturated heterocycles. The predicted molar refractivity (Wildman–Crippen MR) is 70.7 cm³/mol. The van der Waals surface area contributed by atoms with Crippen molar-refractivity contribution in [2.75, 3.05) is 0 Å². The third kappa shape index (κ3) is 1.37. The number of rotatable bonds is 0. The first-order valence-electron chi connectivity index (χ1n) is 4.85. The Morgan fingerprint density at radius 3 is 3.00 bits per heavy atom. The highest BCUT2D eigenvalue weighted by Crippen LogP contribution is 2.38. The van der Waals surface area contributed by atoms with Crippen molar-refractivity contribution in [3.8, 4) is 0 Å². The standard InChI is InChI=1S/C11H8BrFIN/c12-10-6(13)4-7(14)11-9(10)5-2-1-3-8(5)15-11/h4,15H,1-3H2. The lowest BCUT2D eigenvalue weighted by atomic mass is 10.1. The van der Waals surface area contributed by atoms with E-state index >= 15 is 0 Å². The van der Waals surface area contributed by atoms with Crippen LogP contribution in [-0.4, -0.2) is 4.98 Å². The van der Waals surface area contributed by atoms with Crippen molar-refractivity contribution in [2.24, 2.45) is 0 Å². The summed E-state index contributed by atoms with van der Waals surface area (Å²) in [6.07, 6.45) is 3.33. The van der Waals surface area contributed by atoms with Crippen LogP contribution in [0.5, 0.6) is 0 Å². The van der Waals surface area contributed by atoms with Gasteiger partial charge in [0.25, 0.3) is 0 Å². The van der Waals surface area contributed by atoms with Crippen LogP contribution in [0.4, 0.5) is 4.39 Å². The first-order valence-corrected chi connectivity index (χ1v) is 6.72. The molecule has 0 aliphatic heterocycles. The fraction of sp³-hybridized carbons (Fsp3) is 0.273. The molecule has 1 aromatic heterocycles. The summed E-state index contributed by atoms with van der Waals surface area (Å²) < 4.78 is 15.2. The van der Waals surface area contributed by atoms with E-state index in [0.29, 0.717) is 4.47 Å². The molecular formula is C11H8BrFIN. The minimum Gasteiger partial charge on any atom is -0.357 e. The molecule has 4 heteroatoms. The Morgan fingerprint density at radius 2 is 2.20 bits per heavy atom. The largest absolute Gasteiger partial charge is 0.357 e. The van der Waals surface area contributed by atoms with Gasteiger partial charge in [-0.2, -0.15) is 0 Å². The summed E-state index contributed by atoms with van der Waals surface area (Å²) in [5, 5.41) is 1.05. The number of nitrogens with one attached hydrogen (secondary N) is 1. The van der Waals surface area contributed by atoms with Gasteiger partial charge in [0.2, 0.25) is 0 Å². The Bertz CT molecular complexity index is 561. The number of halogens is 3. The second-order valence-electron chi connectivity index (χ2n) is 3.84. The van der Waals surface area contributed by atoms with Gasteiger partial charge in [-0.1, -0.05) is 0 Å². The smallest absolute Gasteiger partial charge is 0.139 e. The second-order valence-corrected chi connectivity index (χ2v) is 5.80. The van der Waals surface area contributed by atoms with Crippen LogP contribution in [0.2, 0.25) is 0 Å². The van der Waals surface area contributed by atoms with Crippen LogP contribution < -0.4 is 0 Å². The van der Waals surface area contributed by atoms with E-state index in [0.717, 1.165) is 27.3 Å². The molecule has 0 fully saturated rings. The van der Waals surface area contributed by atoms with Gasteiger partial charge in [0, 0.05) is 14.7 Å². The highest BCUT2D eigenvalue weighted by molar-refractivity contribution is 14.1. The van der Waals surface area contributed by atoms with E-state index in [9.17, 15) is 4.39 Å². The average Bonchev–Trinajstić information content (AvgIpc) is 2.72. The molecular weight excluding hydrogens is 372 g/mol. The molecule has 1 heterocycles. The van der Waals surface area contributed by atoms with Crippen molar-refractivity contribution < 1.29 is 4.39 Å². The van der Waals surface area contributed by atoms with Gasteiger partial charge in [0.1, 0.15) is 5.82 Å². The van der Waals surface area contributed by atoms with Gasteiger partial charge in [0.05, 0.1) is 9.99 Å². The fourth-order valence-electron chi connectivity index (χ4n) is 2.31. The van der Waals surface area contributed by atoms with Gasteiger partial charge >= 0.3 is 0 Å². The molecule has 0 spiro atoms. The van der Waals surface area contributed by atoms with Crippen molar-refractivity contribution in [1.29, 1.82) is 0 Å². The molecule has 0 bridgehead atoms. The number of H-pyrrole nitrogens is 1. The van der Waals surface area contributed by atoms with E-state index < -0.39 is 0 Å². The maximum Gasteiger partial charge on any atom is 0.139 e. The number of aromatic amines is 1. The zero-order valence-corrected chi connectivity index (χ0v) is 11.6. The summed E-state index contributed by atoms with van der Waals surface area (Å²) in [5.41, 5.74) is 3.66. The van der Waals surface area contributed by atoms with E-state index in [1.807, 2.05) is 0 Å². The van der Waals surface area contributed by atoms with Crippen molar-refractivity contribution in [1.82, 2.24) is 4.98 Å². The summed E-state index contributed by atoms with van der Waals surface area (Å²) in [5.74, 6) is -0.166. The zero-order chi connectivity index (χ0) is 10.6. The number of benzene rings is 1. The van der Waals surface area contributed by atoms with E-state index in [1.165, 1.54) is 17.7 Å². The molecule has 1 aromatic carbocycles. The first kappa shape index (κ1) is 10.1. The molecule has 0 amide bonds. The molecule has 1 nitrogen and oxygen atoms in total. The average molecular weight is 380 g/mol. The summed E-state index contributed by atoms with van der Waals surface area (Å²) >= 11 is 5.53. The van der Waals surface area contributed by atoms with Crippen LogP contribution in [0.1, 0.15) is 17.7 Å². The fourth-order valence-corrected chi connectivity index (χ4v) is 3.54. The molecule has 15 heavy (non-hydrogen) atoms. The lowest BCUT2D eigenvalue weighted by molar-refractivity contribution is 0.622. The third-order valence-corrected chi connectivity index (χ3v) is 4.59. The Morgan fingerprint density at radius 1 is 1.40 bits per heavy atom. The molecule has 0 radical (unpaired) electrons. The molecule has 0 atom stereocenters. The Labute approximate surface area is 109 Å². The molecule has 0 unspecified atom stereocenters. The summed E-state index contributed by atoms with van der Waals surface area (Å²) in [6, 6.07) is 1.57. The van der Waals surface area contributed by atoms with Gasteiger partial charge in [-0.05, 0) is 69.4 Å². The molecule has 0 saturated carbocycles. The van der Waals surface area contributed by atoms with Gasteiger partial charge < -0.3 is 4.98 Å². The van der Waals surface area contributed by atoms with Crippen LogP contribution in [0.3, 0.4) is 0 Å². The Hall–Kier alpha value is -0.100. The number of fused-ring (bicyclic) bond motifs is 3. The molecule has 3 rings (SSSR count). The van der Waals surface area contributed by atoms with Crippen molar-refractivity contribution in [2.45, 2.75) is 19.3 Å². The highest BCUT2D eigenvalue weighted by Gasteiger charge is 2.21. The lowest BCUT2D eigenvalue weighted by Gasteiger charge is -2.01. The van der Waals surface area contributed by atoms with Gasteiger partial charge in [-0.3, -0.25) is 0 Å². The number of aromatic nitrogens is 1. The summed E-state index contributed by atoms with van der Waals surface area (Å²) in [7, 11) is 0. The van der Waals surface area contributed by atoms with E-state index in [-0.39, 0.29) is 5.82 Å². The van der Waals surface area contributed by atoms with Crippen LogP contribution in [0.15, 0.2) is 10.5 Å². The molecule has 1 aliphatic rings. The molecule has 2 aromatic rings. The molecule has 78 valence electrons. The van der Waals surface area contributed by atoms with E-state index in [1.54, 1.807) is 6.07 Å². The maximum absolute atomic E-state index is 13.6. The van der Waals surface area contributed by atoms with Crippen LogP contribution in [0.25, 0.3) is 10.9 Å². The minimum atomic E-state index is -0.166. The maximum atomic E-state index is 13.6. The monoisotopic (exact) mass is 379 g/mol. The zero-order valence-electron chi connectivity index (χ0n) is 7.83. The van der Waals surface area contributed by atoms with E-state index in [2.05, 4.69) is 43.5 Å². The highest BCUT2D eigenvalue weighted by atomic mass is 127. The van der Waals surface area contributed by atoms with Crippen molar-refractivity contribution >= 4 is 49.4 Å². The second kappa shape index (κ2) is 3.45.